The molecule has 3 aromatic rings. The standard InChI is InChI=1S/C30H30N4O3/c1-6-31-29(27-17-23(11-10-20(27)2)26-12-13-28(37-5)32-18-26)24-8-7-9-25(16-24)30(36)33-14-15-34(22(4)35)21(3)19-33/h6-13,16-18H,1,3,14-15,19H2,2,4-5H3. The molecule has 37 heavy (non-hydrogen) atoms. The lowest BCUT2D eigenvalue weighted by Crippen LogP contribution is -2.48. The maximum Gasteiger partial charge on any atom is 0.254 e. The van der Waals surface area contributed by atoms with E-state index in [2.05, 4.69) is 29.2 Å². The molecule has 2 aromatic carbocycles. The summed E-state index contributed by atoms with van der Waals surface area (Å²) in [5.74, 6) is 0.379. The number of pyridine rings is 1. The molecule has 1 aromatic heterocycles. The van der Waals surface area contributed by atoms with Crippen molar-refractivity contribution < 1.29 is 14.3 Å². The Labute approximate surface area is 217 Å². The Morgan fingerprint density at radius 3 is 2.46 bits per heavy atom. The zero-order chi connectivity index (χ0) is 26.5. The van der Waals surface area contributed by atoms with Crippen molar-refractivity contribution in [2.24, 2.45) is 4.99 Å². The average molecular weight is 495 g/mol. The molecule has 2 amide bonds. The van der Waals surface area contributed by atoms with E-state index < -0.39 is 0 Å². The molecule has 4 rings (SSSR count). The number of aromatic nitrogens is 1. The number of aryl methyl sites for hydroxylation is 1. The fraction of sp³-hybridized carbons (Fsp3) is 0.200. The Morgan fingerprint density at radius 1 is 1.05 bits per heavy atom. The van der Waals surface area contributed by atoms with Crippen LogP contribution in [0.15, 0.2) is 90.8 Å². The molecule has 0 atom stereocenters. The number of carbonyl (C=O) groups is 2. The highest BCUT2D eigenvalue weighted by Crippen LogP contribution is 2.26. The van der Waals surface area contributed by atoms with Crippen LogP contribution < -0.4 is 4.74 Å². The van der Waals surface area contributed by atoms with Gasteiger partial charge < -0.3 is 14.5 Å². The molecule has 1 aliphatic rings. The van der Waals surface area contributed by atoms with Crippen molar-refractivity contribution in [2.75, 3.05) is 26.7 Å². The van der Waals surface area contributed by atoms with Gasteiger partial charge in [-0.15, -0.1) is 0 Å². The smallest absolute Gasteiger partial charge is 0.254 e. The molecule has 0 aliphatic carbocycles. The van der Waals surface area contributed by atoms with Crippen LogP contribution in [0.3, 0.4) is 0 Å². The lowest BCUT2D eigenvalue weighted by Gasteiger charge is -2.36. The van der Waals surface area contributed by atoms with Gasteiger partial charge in [0.15, 0.2) is 0 Å². The van der Waals surface area contributed by atoms with Crippen LogP contribution in [-0.4, -0.2) is 59.1 Å². The second-order valence-electron chi connectivity index (χ2n) is 8.82. The van der Waals surface area contributed by atoms with Crippen molar-refractivity contribution >= 4 is 17.5 Å². The molecule has 7 nitrogen and oxygen atoms in total. The number of piperazine rings is 1. The summed E-state index contributed by atoms with van der Waals surface area (Å²) in [5, 5.41) is 0. The quantitative estimate of drug-likeness (QED) is 0.459. The second-order valence-corrected chi connectivity index (χ2v) is 8.82. The third-order valence-electron chi connectivity index (χ3n) is 6.39. The van der Waals surface area contributed by atoms with Gasteiger partial charge in [0, 0.05) is 66.4 Å². The van der Waals surface area contributed by atoms with Crippen LogP contribution in [0, 0.1) is 6.92 Å². The van der Waals surface area contributed by atoms with Gasteiger partial charge in [0.05, 0.1) is 19.4 Å². The predicted molar refractivity (Wildman–Crippen MR) is 146 cm³/mol. The molecule has 7 heteroatoms. The molecule has 0 unspecified atom stereocenters. The predicted octanol–water partition coefficient (Wildman–Crippen LogP) is 4.86. The first kappa shape index (κ1) is 25.6. The van der Waals surface area contributed by atoms with E-state index in [1.165, 1.54) is 13.1 Å². The number of nitrogens with zero attached hydrogens (tertiary/aromatic N) is 4. The summed E-state index contributed by atoms with van der Waals surface area (Å²) in [4.78, 5) is 37.4. The van der Waals surface area contributed by atoms with Crippen LogP contribution in [0.25, 0.3) is 11.1 Å². The SMILES string of the molecule is C=CN=C(c1cccc(C(=O)N2CCN(C(C)=O)C(=C)C2)c1)c1cc(-c2ccc(OC)nc2)ccc1C. The van der Waals surface area contributed by atoms with Crippen molar-refractivity contribution in [3.63, 3.8) is 0 Å². The van der Waals surface area contributed by atoms with Gasteiger partial charge in [0.2, 0.25) is 11.8 Å². The highest BCUT2D eigenvalue weighted by Gasteiger charge is 2.26. The average Bonchev–Trinajstić information content (AvgIpc) is 2.91. The fourth-order valence-electron chi connectivity index (χ4n) is 4.42. The van der Waals surface area contributed by atoms with Crippen LogP contribution in [-0.2, 0) is 4.79 Å². The third-order valence-corrected chi connectivity index (χ3v) is 6.39. The summed E-state index contributed by atoms with van der Waals surface area (Å²) < 4.78 is 5.18. The summed E-state index contributed by atoms with van der Waals surface area (Å²) in [7, 11) is 1.59. The van der Waals surface area contributed by atoms with Crippen molar-refractivity contribution in [1.82, 2.24) is 14.8 Å². The van der Waals surface area contributed by atoms with E-state index in [1.807, 2.05) is 49.4 Å². The van der Waals surface area contributed by atoms with Crippen LogP contribution in [0.1, 0.15) is 34.0 Å². The number of amides is 2. The molecular formula is C30H30N4O3. The van der Waals surface area contributed by atoms with Gasteiger partial charge >= 0.3 is 0 Å². The Morgan fingerprint density at radius 2 is 1.81 bits per heavy atom. The lowest BCUT2D eigenvalue weighted by atomic mass is 9.93. The molecule has 1 fully saturated rings. The minimum absolute atomic E-state index is 0.0626. The highest BCUT2D eigenvalue weighted by molar-refractivity contribution is 6.15. The van der Waals surface area contributed by atoms with Gasteiger partial charge in [0.25, 0.3) is 5.91 Å². The molecule has 188 valence electrons. The highest BCUT2D eigenvalue weighted by atomic mass is 16.5. The molecule has 1 aliphatic heterocycles. The topological polar surface area (TPSA) is 75.1 Å². The summed E-state index contributed by atoms with van der Waals surface area (Å²) >= 11 is 0. The van der Waals surface area contributed by atoms with Gasteiger partial charge in [-0.05, 0) is 42.3 Å². The monoisotopic (exact) mass is 494 g/mol. The number of hydrogen-bond donors (Lipinski definition) is 0. The Balaban J connectivity index is 1.66. The first-order valence-corrected chi connectivity index (χ1v) is 12.0. The number of methoxy groups -OCH3 is 1. The van der Waals surface area contributed by atoms with Crippen LogP contribution >= 0.6 is 0 Å². The molecule has 0 N–H and O–H groups in total. The van der Waals surface area contributed by atoms with Crippen LogP contribution in [0.4, 0.5) is 0 Å². The number of rotatable bonds is 6. The zero-order valence-electron chi connectivity index (χ0n) is 21.4. The number of carbonyl (C=O) groups excluding carboxylic acids is 2. The first-order valence-electron chi connectivity index (χ1n) is 12.0. The van der Waals surface area contributed by atoms with Gasteiger partial charge in [0.1, 0.15) is 0 Å². The van der Waals surface area contributed by atoms with Gasteiger partial charge in [-0.3, -0.25) is 14.6 Å². The first-order chi connectivity index (χ1) is 17.8. The van der Waals surface area contributed by atoms with Crippen molar-refractivity contribution in [1.29, 1.82) is 0 Å². The summed E-state index contributed by atoms with van der Waals surface area (Å²) in [6.07, 6.45) is 3.28. The van der Waals surface area contributed by atoms with Gasteiger partial charge in [-0.2, -0.15) is 0 Å². The summed E-state index contributed by atoms with van der Waals surface area (Å²) in [6, 6.07) is 17.4. The minimum atomic E-state index is -0.112. The maximum absolute atomic E-state index is 13.4. The minimum Gasteiger partial charge on any atom is -0.481 e. The second kappa shape index (κ2) is 11.0. The molecule has 0 bridgehead atoms. The van der Waals surface area contributed by atoms with E-state index >= 15 is 0 Å². The largest absolute Gasteiger partial charge is 0.481 e. The third kappa shape index (κ3) is 5.51. The molecule has 0 saturated carbocycles. The molecular weight excluding hydrogens is 464 g/mol. The van der Waals surface area contributed by atoms with Crippen LogP contribution in [0.2, 0.25) is 0 Å². The van der Waals surface area contributed by atoms with E-state index in [0.29, 0.717) is 36.8 Å². The molecule has 0 spiro atoms. The number of hydrogen-bond acceptors (Lipinski definition) is 5. The van der Waals surface area contributed by atoms with E-state index in [0.717, 1.165) is 33.5 Å². The van der Waals surface area contributed by atoms with E-state index in [-0.39, 0.29) is 11.8 Å². The number of ether oxygens (including phenoxy) is 1. The van der Waals surface area contributed by atoms with E-state index in [9.17, 15) is 9.59 Å². The van der Waals surface area contributed by atoms with Gasteiger partial charge in [-0.1, -0.05) is 37.4 Å². The van der Waals surface area contributed by atoms with Gasteiger partial charge in [-0.25, -0.2) is 4.98 Å². The summed E-state index contributed by atoms with van der Waals surface area (Å²) in [6.45, 7) is 12.5. The summed E-state index contributed by atoms with van der Waals surface area (Å²) in [5.41, 5.74) is 6.61. The molecule has 0 radical (unpaired) electrons. The zero-order valence-corrected chi connectivity index (χ0v) is 21.4. The van der Waals surface area contributed by atoms with E-state index in [4.69, 9.17) is 4.74 Å². The Bertz CT molecular complexity index is 1390. The molecule has 1 saturated heterocycles. The van der Waals surface area contributed by atoms with Crippen LogP contribution in [0.5, 0.6) is 5.88 Å². The fourth-order valence-corrected chi connectivity index (χ4v) is 4.42. The molecule has 2 heterocycles. The number of aliphatic imine (C=N–C) groups is 1. The maximum atomic E-state index is 13.4. The van der Waals surface area contributed by atoms with Crippen molar-refractivity contribution in [3.8, 4) is 17.0 Å². The Hall–Kier alpha value is -4.52. The van der Waals surface area contributed by atoms with E-state index in [1.54, 1.807) is 29.2 Å². The van der Waals surface area contributed by atoms with Crippen molar-refractivity contribution in [2.45, 2.75) is 13.8 Å². The lowest BCUT2D eigenvalue weighted by molar-refractivity contribution is -0.128. The van der Waals surface area contributed by atoms with Crippen molar-refractivity contribution in [3.05, 3.63) is 108 Å². The number of benzene rings is 2. The Kier molecular flexibility index (Phi) is 7.63. The normalized spacial score (nSPS) is 13.9.